The molecule has 0 amide bonds. The van der Waals surface area contributed by atoms with Gasteiger partial charge in [0, 0.05) is 0 Å². The highest BCUT2D eigenvalue weighted by Crippen LogP contribution is 2.68. The minimum Gasteiger partial charge on any atom is -0.291 e. The van der Waals surface area contributed by atoms with Crippen molar-refractivity contribution in [3.8, 4) is 0 Å². The van der Waals surface area contributed by atoms with Crippen molar-refractivity contribution in [2.45, 2.75) is 48.3 Å². The lowest BCUT2D eigenvalue weighted by atomic mass is 9.48. The van der Waals surface area contributed by atoms with E-state index in [1.165, 1.54) is 0 Å². The highest BCUT2D eigenvalue weighted by Gasteiger charge is 2.78. The predicted octanol–water partition coefficient (Wildman–Crippen LogP) is 4.38. The van der Waals surface area contributed by atoms with Crippen LogP contribution in [0.4, 0.5) is 0 Å². The van der Waals surface area contributed by atoms with Crippen molar-refractivity contribution in [1.82, 2.24) is 0 Å². The van der Waals surface area contributed by atoms with Crippen LogP contribution >= 0.6 is 46.4 Å². The largest absolute Gasteiger partial charge is 0.291 e. The van der Waals surface area contributed by atoms with Gasteiger partial charge in [-0.15, -0.1) is 23.2 Å². The van der Waals surface area contributed by atoms with Gasteiger partial charge in [-0.25, -0.2) is 0 Å². The first-order chi connectivity index (χ1) is 9.36. The van der Waals surface area contributed by atoms with Crippen molar-refractivity contribution in [1.29, 1.82) is 0 Å². The average molecular weight is 356 g/mol. The molecule has 3 rings (SSSR count). The first-order valence-electron chi connectivity index (χ1n) is 6.89. The number of hydrogen-bond donors (Lipinski definition) is 0. The Morgan fingerprint density at radius 1 is 0.750 bits per heavy atom. The lowest BCUT2D eigenvalue weighted by Crippen LogP contribution is -2.78. The summed E-state index contributed by atoms with van der Waals surface area (Å²) in [5.41, 5.74) is 0. The summed E-state index contributed by atoms with van der Waals surface area (Å²) in [5.74, 6) is -1.14. The van der Waals surface area contributed by atoms with Gasteiger partial charge in [0.25, 0.3) is 0 Å². The number of carbonyl (C=O) groups excluding carboxylic acids is 2. The van der Waals surface area contributed by atoms with Gasteiger partial charge in [0.1, 0.15) is 19.8 Å². The minimum absolute atomic E-state index is 0.0862. The van der Waals surface area contributed by atoms with Gasteiger partial charge in [0.05, 0.1) is 0 Å². The van der Waals surface area contributed by atoms with Crippen molar-refractivity contribution >= 4 is 58.0 Å². The van der Waals surface area contributed by atoms with E-state index >= 15 is 0 Å². The molecule has 0 radical (unpaired) electrons. The van der Waals surface area contributed by atoms with Gasteiger partial charge in [-0.1, -0.05) is 48.9 Å². The molecule has 2 saturated carbocycles. The number of allylic oxidation sites excluding steroid dienone is 2. The van der Waals surface area contributed by atoms with Crippen LogP contribution in [0.3, 0.4) is 0 Å². The standard InChI is InChI=1S/C14H14Cl4O2/c15-9-10(16)12(20)14(18)8-6-4-2-1-3-5-7(8)13(14,17)11(9)19/h7-8H,1-6H2/t7-,8+,13-,14+. The van der Waals surface area contributed by atoms with Gasteiger partial charge in [-0.05, 0) is 24.7 Å². The molecule has 0 unspecified atom stereocenters. The fraction of sp³-hybridized carbons (Fsp3) is 0.714. The predicted molar refractivity (Wildman–Crippen MR) is 80.6 cm³/mol. The Balaban J connectivity index is 2.10. The molecule has 2 fully saturated rings. The number of halogens is 4. The van der Waals surface area contributed by atoms with E-state index in [9.17, 15) is 9.59 Å². The van der Waals surface area contributed by atoms with E-state index < -0.39 is 21.3 Å². The lowest BCUT2D eigenvalue weighted by Gasteiger charge is -2.63. The van der Waals surface area contributed by atoms with E-state index in [1.54, 1.807) is 0 Å². The van der Waals surface area contributed by atoms with E-state index in [0.29, 0.717) is 0 Å². The summed E-state index contributed by atoms with van der Waals surface area (Å²) in [4.78, 5) is 22.1. The number of fused-ring (bicyclic) bond motifs is 4. The molecular weight excluding hydrogens is 342 g/mol. The smallest absolute Gasteiger partial charge is 0.199 e. The third-order valence-electron chi connectivity index (χ3n) is 5.07. The fourth-order valence-corrected chi connectivity index (χ4v) is 5.80. The van der Waals surface area contributed by atoms with Crippen molar-refractivity contribution in [2.75, 3.05) is 0 Å². The molecule has 0 bridgehead atoms. The first kappa shape index (κ1) is 15.1. The van der Waals surface area contributed by atoms with Crippen LogP contribution in [0.2, 0.25) is 0 Å². The summed E-state index contributed by atoms with van der Waals surface area (Å²) in [5, 5.41) is -0.521. The number of ketones is 2. The highest BCUT2D eigenvalue weighted by atomic mass is 35.5. The second-order valence-electron chi connectivity index (χ2n) is 5.91. The average Bonchev–Trinajstić information content (AvgIpc) is 2.41. The molecule has 0 heterocycles. The van der Waals surface area contributed by atoms with Crippen LogP contribution in [0.25, 0.3) is 0 Å². The van der Waals surface area contributed by atoms with Crippen molar-refractivity contribution in [3.63, 3.8) is 0 Å². The molecule has 110 valence electrons. The van der Waals surface area contributed by atoms with Crippen LogP contribution in [0.15, 0.2) is 10.1 Å². The number of Topliss-reactive ketones (excluding diaryl/α,β-unsaturated/α-hetero) is 2. The molecule has 0 saturated heterocycles. The van der Waals surface area contributed by atoms with Gasteiger partial charge in [-0.2, -0.15) is 0 Å². The maximum atomic E-state index is 12.5. The Labute approximate surface area is 137 Å². The van der Waals surface area contributed by atoms with Crippen LogP contribution < -0.4 is 0 Å². The van der Waals surface area contributed by atoms with Crippen LogP contribution in [-0.2, 0) is 9.59 Å². The maximum absolute atomic E-state index is 12.5. The zero-order valence-corrected chi connectivity index (χ0v) is 13.7. The van der Waals surface area contributed by atoms with Gasteiger partial charge in [-0.3, -0.25) is 9.59 Å². The van der Waals surface area contributed by atoms with Gasteiger partial charge in [0.2, 0.25) is 0 Å². The van der Waals surface area contributed by atoms with Crippen LogP contribution in [-0.4, -0.2) is 21.3 Å². The molecule has 0 aliphatic heterocycles. The molecule has 0 aromatic carbocycles. The summed E-state index contributed by atoms with van der Waals surface area (Å²) in [6, 6.07) is 0. The van der Waals surface area contributed by atoms with Gasteiger partial charge in [0.15, 0.2) is 11.6 Å². The third kappa shape index (κ3) is 1.60. The fourth-order valence-electron chi connectivity index (χ4n) is 4.07. The molecule has 3 aliphatic rings. The first-order valence-corrected chi connectivity index (χ1v) is 8.40. The minimum atomic E-state index is -1.41. The SMILES string of the molecule is O=C1C(Cl)=C(Cl)C(=O)[C@]2(Cl)[C@@H]3CCCCCC[C@@H]3[C@]12Cl. The van der Waals surface area contributed by atoms with Crippen LogP contribution in [0.1, 0.15) is 38.5 Å². The van der Waals surface area contributed by atoms with Gasteiger partial charge >= 0.3 is 0 Å². The molecular formula is C14H14Cl4O2. The number of rotatable bonds is 0. The highest BCUT2D eigenvalue weighted by molar-refractivity contribution is 6.67. The topological polar surface area (TPSA) is 34.1 Å². The maximum Gasteiger partial charge on any atom is 0.199 e. The molecule has 0 N–H and O–H groups in total. The Kier molecular flexibility index (Phi) is 3.69. The number of alkyl halides is 2. The van der Waals surface area contributed by atoms with E-state index in [0.717, 1.165) is 38.5 Å². The van der Waals surface area contributed by atoms with Crippen LogP contribution in [0.5, 0.6) is 0 Å². The van der Waals surface area contributed by atoms with Gasteiger partial charge < -0.3 is 0 Å². The van der Waals surface area contributed by atoms with Crippen molar-refractivity contribution in [3.05, 3.63) is 10.1 Å². The summed E-state index contributed by atoms with van der Waals surface area (Å²) in [7, 11) is 0. The van der Waals surface area contributed by atoms with E-state index in [1.807, 2.05) is 0 Å². The molecule has 20 heavy (non-hydrogen) atoms. The summed E-state index contributed by atoms with van der Waals surface area (Å²) in [6.45, 7) is 0. The molecule has 0 aromatic heterocycles. The van der Waals surface area contributed by atoms with Crippen LogP contribution in [0, 0.1) is 11.8 Å². The summed E-state index contributed by atoms with van der Waals surface area (Å²) in [6.07, 6.45) is 5.86. The summed E-state index contributed by atoms with van der Waals surface area (Å²) < 4.78 is 0. The number of hydrogen-bond acceptors (Lipinski definition) is 2. The second-order valence-corrected chi connectivity index (χ2v) is 7.86. The third-order valence-corrected chi connectivity index (χ3v) is 7.48. The van der Waals surface area contributed by atoms with E-state index in [4.69, 9.17) is 46.4 Å². The summed E-state index contributed by atoms with van der Waals surface area (Å²) >= 11 is 24.9. The Morgan fingerprint density at radius 3 is 1.45 bits per heavy atom. The van der Waals surface area contributed by atoms with Crippen molar-refractivity contribution in [2.24, 2.45) is 11.8 Å². The van der Waals surface area contributed by atoms with E-state index in [-0.39, 0.29) is 21.9 Å². The Bertz CT molecular complexity index is 483. The zero-order chi connectivity index (χ0) is 14.7. The Hall–Kier alpha value is 0.240. The molecule has 4 atom stereocenters. The zero-order valence-electron chi connectivity index (χ0n) is 10.7. The number of carbonyl (C=O) groups is 2. The Morgan fingerprint density at radius 2 is 1.10 bits per heavy atom. The molecule has 0 aromatic rings. The quantitative estimate of drug-likeness (QED) is 0.604. The molecule has 3 aliphatic carbocycles. The molecule has 0 spiro atoms. The molecule has 2 nitrogen and oxygen atoms in total. The van der Waals surface area contributed by atoms with E-state index in [2.05, 4.69) is 0 Å². The lowest BCUT2D eigenvalue weighted by molar-refractivity contribution is -0.141. The monoisotopic (exact) mass is 354 g/mol. The second kappa shape index (κ2) is 4.87. The molecule has 6 heteroatoms. The van der Waals surface area contributed by atoms with Crippen molar-refractivity contribution < 1.29 is 9.59 Å². The normalized spacial score (nSPS) is 45.2.